The summed E-state index contributed by atoms with van der Waals surface area (Å²) in [7, 11) is 0. The third-order valence-electron chi connectivity index (χ3n) is 3.41. The normalized spacial score (nSPS) is 14.3. The lowest BCUT2D eigenvalue weighted by atomic mass is 9.91. The molecule has 0 bridgehead atoms. The number of rotatable bonds is 4. The Labute approximate surface area is 132 Å². The number of aromatic nitrogens is 2. The van der Waals surface area contributed by atoms with Gasteiger partial charge in [-0.1, -0.05) is 23.7 Å². The Bertz CT molecular complexity index is 622. The number of aliphatic hydroxyl groups is 1. The first-order valence-electron chi connectivity index (χ1n) is 6.55. The van der Waals surface area contributed by atoms with Crippen LogP contribution in [0.4, 0.5) is 0 Å². The SMILES string of the molecule is CCn1nc(C)c(Br)c1CC(C)(O)c1cccc(Cl)c1. The maximum atomic E-state index is 10.8. The summed E-state index contributed by atoms with van der Waals surface area (Å²) >= 11 is 9.57. The quantitative estimate of drug-likeness (QED) is 0.895. The van der Waals surface area contributed by atoms with Crippen LogP contribution in [-0.2, 0) is 18.6 Å². The molecule has 1 heterocycles. The van der Waals surface area contributed by atoms with Crippen molar-refractivity contribution in [3.8, 4) is 0 Å². The van der Waals surface area contributed by atoms with Gasteiger partial charge in [0.25, 0.3) is 0 Å². The minimum atomic E-state index is -0.993. The van der Waals surface area contributed by atoms with Gasteiger partial charge in [0, 0.05) is 18.0 Å². The van der Waals surface area contributed by atoms with Crippen molar-refractivity contribution in [1.29, 1.82) is 0 Å². The van der Waals surface area contributed by atoms with Crippen LogP contribution in [0, 0.1) is 6.92 Å². The standard InChI is InChI=1S/C15H18BrClN2O/c1-4-19-13(14(16)10(2)18-19)9-15(3,20)11-6-5-7-12(17)8-11/h5-8,20H,4,9H2,1-3H3. The molecule has 0 aliphatic heterocycles. The Morgan fingerprint density at radius 1 is 1.45 bits per heavy atom. The van der Waals surface area contributed by atoms with Gasteiger partial charge in [0.1, 0.15) is 0 Å². The van der Waals surface area contributed by atoms with Crippen LogP contribution in [0.2, 0.25) is 5.02 Å². The van der Waals surface area contributed by atoms with Crippen LogP contribution in [0.25, 0.3) is 0 Å². The second-order valence-electron chi connectivity index (χ2n) is 5.12. The van der Waals surface area contributed by atoms with Gasteiger partial charge in [-0.3, -0.25) is 4.68 Å². The van der Waals surface area contributed by atoms with Gasteiger partial charge in [0.05, 0.1) is 21.5 Å². The van der Waals surface area contributed by atoms with E-state index in [2.05, 4.69) is 21.0 Å². The summed E-state index contributed by atoms with van der Waals surface area (Å²) in [6, 6.07) is 7.34. The maximum Gasteiger partial charge on any atom is 0.0924 e. The molecule has 0 radical (unpaired) electrons. The van der Waals surface area contributed by atoms with Gasteiger partial charge in [0.15, 0.2) is 0 Å². The van der Waals surface area contributed by atoms with Gasteiger partial charge >= 0.3 is 0 Å². The molecule has 0 spiro atoms. The smallest absolute Gasteiger partial charge is 0.0924 e. The lowest BCUT2D eigenvalue weighted by Crippen LogP contribution is -2.26. The molecular weight excluding hydrogens is 340 g/mol. The molecule has 0 aliphatic rings. The molecule has 3 nitrogen and oxygen atoms in total. The van der Waals surface area contributed by atoms with Crippen molar-refractivity contribution >= 4 is 27.5 Å². The van der Waals surface area contributed by atoms with E-state index < -0.39 is 5.60 Å². The van der Waals surface area contributed by atoms with E-state index >= 15 is 0 Å². The van der Waals surface area contributed by atoms with E-state index in [-0.39, 0.29) is 0 Å². The molecule has 1 aromatic heterocycles. The second kappa shape index (κ2) is 5.88. The van der Waals surface area contributed by atoms with Gasteiger partial charge in [-0.15, -0.1) is 0 Å². The molecule has 0 amide bonds. The largest absolute Gasteiger partial charge is 0.385 e. The molecule has 108 valence electrons. The number of halogens is 2. The third-order valence-corrected chi connectivity index (χ3v) is 4.68. The number of hydrogen-bond acceptors (Lipinski definition) is 2. The van der Waals surface area contributed by atoms with Gasteiger partial charge in [-0.2, -0.15) is 5.10 Å². The topological polar surface area (TPSA) is 38.0 Å². The lowest BCUT2D eigenvalue weighted by molar-refractivity contribution is 0.0552. The summed E-state index contributed by atoms with van der Waals surface area (Å²) in [5, 5.41) is 15.9. The average Bonchev–Trinajstić information content (AvgIpc) is 2.66. The van der Waals surface area contributed by atoms with Gasteiger partial charge in [0.2, 0.25) is 0 Å². The minimum absolute atomic E-state index is 0.475. The van der Waals surface area contributed by atoms with Crippen molar-refractivity contribution in [1.82, 2.24) is 9.78 Å². The second-order valence-corrected chi connectivity index (χ2v) is 6.35. The van der Waals surface area contributed by atoms with E-state index in [1.165, 1.54) is 0 Å². The molecule has 0 saturated carbocycles. The predicted molar refractivity (Wildman–Crippen MR) is 85.1 cm³/mol. The molecule has 5 heteroatoms. The number of hydrogen-bond donors (Lipinski definition) is 1. The van der Waals surface area contributed by atoms with E-state index in [0.29, 0.717) is 11.4 Å². The van der Waals surface area contributed by atoms with Crippen molar-refractivity contribution in [3.63, 3.8) is 0 Å². The Morgan fingerprint density at radius 2 is 2.15 bits per heavy atom. The maximum absolute atomic E-state index is 10.8. The van der Waals surface area contributed by atoms with Gasteiger partial charge < -0.3 is 5.11 Å². The Balaban J connectivity index is 2.37. The first-order valence-corrected chi connectivity index (χ1v) is 7.72. The summed E-state index contributed by atoms with van der Waals surface area (Å²) in [5.41, 5.74) is 1.74. The van der Waals surface area contributed by atoms with Gasteiger partial charge in [-0.25, -0.2) is 0 Å². The molecule has 1 atom stereocenters. The summed E-state index contributed by atoms with van der Waals surface area (Å²) in [6.07, 6.45) is 0.475. The van der Waals surface area contributed by atoms with E-state index in [1.807, 2.05) is 30.7 Å². The van der Waals surface area contributed by atoms with Crippen LogP contribution >= 0.6 is 27.5 Å². The number of nitrogens with zero attached hydrogens (tertiary/aromatic N) is 2. The summed E-state index contributed by atoms with van der Waals surface area (Å²) < 4.78 is 2.87. The average molecular weight is 358 g/mol. The molecule has 0 aliphatic carbocycles. The van der Waals surface area contributed by atoms with Crippen LogP contribution in [0.3, 0.4) is 0 Å². The summed E-state index contributed by atoms with van der Waals surface area (Å²) in [6.45, 7) is 6.56. The van der Waals surface area contributed by atoms with E-state index in [9.17, 15) is 5.11 Å². The monoisotopic (exact) mass is 356 g/mol. The predicted octanol–water partition coefficient (Wildman–Crippen LogP) is 4.08. The lowest BCUT2D eigenvalue weighted by Gasteiger charge is -2.24. The molecule has 1 N–H and O–H groups in total. The molecule has 2 rings (SSSR count). The fourth-order valence-electron chi connectivity index (χ4n) is 2.29. The summed E-state index contributed by atoms with van der Waals surface area (Å²) in [5.74, 6) is 0. The molecular formula is C15H18BrClN2O. The summed E-state index contributed by atoms with van der Waals surface area (Å²) in [4.78, 5) is 0. The third kappa shape index (κ3) is 3.08. The zero-order chi connectivity index (χ0) is 14.9. The molecule has 1 unspecified atom stereocenters. The molecule has 20 heavy (non-hydrogen) atoms. The highest BCUT2D eigenvalue weighted by Crippen LogP contribution is 2.31. The first kappa shape index (κ1) is 15.5. The van der Waals surface area contributed by atoms with Crippen molar-refractivity contribution in [3.05, 3.63) is 50.7 Å². The highest BCUT2D eigenvalue weighted by Gasteiger charge is 2.27. The van der Waals surface area contributed by atoms with Crippen molar-refractivity contribution in [2.45, 2.75) is 39.3 Å². The van der Waals surface area contributed by atoms with Crippen molar-refractivity contribution < 1.29 is 5.11 Å². The van der Waals surface area contributed by atoms with Crippen LogP contribution in [-0.4, -0.2) is 14.9 Å². The first-order chi connectivity index (χ1) is 9.35. The number of benzene rings is 1. The molecule has 1 aromatic carbocycles. The van der Waals surface area contributed by atoms with Crippen molar-refractivity contribution in [2.75, 3.05) is 0 Å². The van der Waals surface area contributed by atoms with E-state index in [1.54, 1.807) is 19.1 Å². The van der Waals surface area contributed by atoms with E-state index in [0.717, 1.165) is 28.0 Å². The molecule has 2 aromatic rings. The van der Waals surface area contributed by atoms with Crippen LogP contribution in [0.5, 0.6) is 0 Å². The van der Waals surface area contributed by atoms with Crippen LogP contribution < -0.4 is 0 Å². The number of aryl methyl sites for hydroxylation is 2. The Hall–Kier alpha value is -0.840. The van der Waals surface area contributed by atoms with Gasteiger partial charge in [-0.05, 0) is 54.4 Å². The Morgan fingerprint density at radius 3 is 2.75 bits per heavy atom. The highest BCUT2D eigenvalue weighted by molar-refractivity contribution is 9.10. The van der Waals surface area contributed by atoms with Crippen molar-refractivity contribution in [2.24, 2.45) is 0 Å². The van der Waals surface area contributed by atoms with Crippen LogP contribution in [0.1, 0.15) is 30.8 Å². The van der Waals surface area contributed by atoms with Crippen LogP contribution in [0.15, 0.2) is 28.7 Å². The molecule has 0 saturated heterocycles. The van der Waals surface area contributed by atoms with E-state index in [4.69, 9.17) is 11.6 Å². The highest BCUT2D eigenvalue weighted by atomic mass is 79.9. The zero-order valence-electron chi connectivity index (χ0n) is 11.8. The zero-order valence-corrected chi connectivity index (χ0v) is 14.2. The molecule has 0 fully saturated rings. The fraction of sp³-hybridized carbons (Fsp3) is 0.400. The minimum Gasteiger partial charge on any atom is -0.385 e. The fourth-order valence-corrected chi connectivity index (χ4v) is 2.90. The Kier molecular flexibility index (Phi) is 4.57.